The number of fused-ring (bicyclic) bond motifs is 1. The van der Waals surface area contributed by atoms with Gasteiger partial charge >= 0.3 is 0 Å². The number of benzene rings is 1. The van der Waals surface area contributed by atoms with Crippen molar-refractivity contribution >= 4 is 22.7 Å². The summed E-state index contributed by atoms with van der Waals surface area (Å²) in [5, 5.41) is 2.50. The average molecular weight is 355 g/mol. The van der Waals surface area contributed by atoms with Gasteiger partial charge in [0.05, 0.1) is 6.20 Å². The fourth-order valence-corrected chi connectivity index (χ4v) is 1.99. The summed E-state index contributed by atoms with van der Waals surface area (Å²) in [6, 6.07) is 10.5. The summed E-state index contributed by atoms with van der Waals surface area (Å²) in [7, 11) is 3.19. The van der Waals surface area contributed by atoms with Crippen LogP contribution in [0.5, 0.6) is 0 Å². The maximum absolute atomic E-state index is 8.49. The first-order chi connectivity index (χ1) is 11.1. The Balaban J connectivity index is 0.000000505. The highest BCUT2D eigenvalue weighted by molar-refractivity contribution is 5.94. The van der Waals surface area contributed by atoms with Gasteiger partial charge in [-0.15, -0.1) is 10.2 Å². The molecule has 0 radical (unpaired) electrons. The van der Waals surface area contributed by atoms with Gasteiger partial charge in [0.25, 0.3) is 5.70 Å². The molecule has 0 spiro atoms. The van der Waals surface area contributed by atoms with Gasteiger partial charge in [0.1, 0.15) is 14.1 Å². The molecule has 0 aliphatic heterocycles. The van der Waals surface area contributed by atoms with Gasteiger partial charge in [-0.25, -0.2) is 23.2 Å². The number of pyridine rings is 1. The Morgan fingerprint density at radius 3 is 2.08 bits per heavy atom. The maximum Gasteiger partial charge on any atom is 0.290 e. The SMILES string of the molecule is CN(C)/C=C(/C=[N+](C)C)[n+]1ccc2ccccc2c1.[O-][Cl+3]([O-])([O-])[O-]. The molecule has 0 atom stereocenters. The topological polar surface area (TPSA) is 102 Å². The second-order valence-electron chi connectivity index (χ2n) is 5.47. The Kier molecular flexibility index (Phi) is 7.27. The summed E-state index contributed by atoms with van der Waals surface area (Å²) in [6.45, 7) is 0. The summed E-state index contributed by atoms with van der Waals surface area (Å²) >= 11 is 0. The van der Waals surface area contributed by atoms with Crippen LogP contribution in [0.4, 0.5) is 0 Å². The Labute approximate surface area is 143 Å². The van der Waals surface area contributed by atoms with Crippen molar-refractivity contribution in [3.05, 3.63) is 48.9 Å². The quantitative estimate of drug-likeness (QED) is 0.434. The minimum absolute atomic E-state index is 1.13. The van der Waals surface area contributed by atoms with Crippen LogP contribution in [-0.4, -0.2) is 43.9 Å². The van der Waals surface area contributed by atoms with E-state index in [9.17, 15) is 0 Å². The first-order valence-corrected chi connectivity index (χ1v) is 8.21. The molecule has 0 saturated heterocycles. The molecule has 130 valence electrons. The second-order valence-corrected chi connectivity index (χ2v) is 6.23. The van der Waals surface area contributed by atoms with Crippen LogP contribution in [0.25, 0.3) is 16.5 Å². The van der Waals surface area contributed by atoms with Crippen molar-refractivity contribution in [3.8, 4) is 0 Å². The molecule has 24 heavy (non-hydrogen) atoms. The molecule has 8 heteroatoms. The van der Waals surface area contributed by atoms with Crippen molar-refractivity contribution < 1.29 is 38.0 Å². The number of rotatable bonds is 3. The van der Waals surface area contributed by atoms with E-state index in [2.05, 4.69) is 69.2 Å². The molecule has 0 unspecified atom stereocenters. The monoisotopic (exact) mass is 354 g/mol. The lowest BCUT2D eigenvalue weighted by atomic mass is 10.2. The highest BCUT2D eigenvalue weighted by Crippen LogP contribution is 2.10. The second kappa shape index (κ2) is 8.72. The van der Waals surface area contributed by atoms with E-state index in [4.69, 9.17) is 18.6 Å². The van der Waals surface area contributed by atoms with E-state index in [0.29, 0.717) is 0 Å². The molecule has 1 aromatic carbocycles. The van der Waals surface area contributed by atoms with Gasteiger partial charge in [-0.2, -0.15) is 4.57 Å². The van der Waals surface area contributed by atoms with E-state index >= 15 is 0 Å². The van der Waals surface area contributed by atoms with E-state index in [1.54, 1.807) is 0 Å². The first kappa shape index (κ1) is 20.0. The zero-order valence-electron chi connectivity index (χ0n) is 14.0. The van der Waals surface area contributed by atoms with Gasteiger partial charge in [0.2, 0.25) is 6.21 Å². The van der Waals surface area contributed by atoms with Crippen LogP contribution in [0.1, 0.15) is 0 Å². The lowest BCUT2D eigenvalue weighted by molar-refractivity contribution is -2.00. The molecule has 2 aromatic rings. The van der Waals surface area contributed by atoms with E-state index in [1.165, 1.54) is 10.8 Å². The third-order valence-corrected chi connectivity index (χ3v) is 2.77. The number of allylic oxidation sites excluding steroid dienone is 1. The molecule has 7 nitrogen and oxygen atoms in total. The molecule has 1 heterocycles. The Morgan fingerprint density at radius 2 is 1.58 bits per heavy atom. The van der Waals surface area contributed by atoms with Crippen molar-refractivity contribution in [1.29, 1.82) is 0 Å². The standard InChI is InChI=1S/C16H21N3.ClHO4/c1-17(2)12-16(13-18(3)4)19-10-9-14-7-5-6-8-15(14)11-19;2-1(3,4)5/h5-13H,1-4H3;(H,2,3,4,5)/q+2;/p-1. The predicted octanol–water partition coefficient (Wildman–Crippen LogP) is -2.93. The molecule has 0 fully saturated rings. The Morgan fingerprint density at radius 1 is 1.04 bits per heavy atom. The molecule has 0 N–H and O–H groups in total. The van der Waals surface area contributed by atoms with Gasteiger partial charge in [-0.05, 0) is 11.5 Å². The van der Waals surface area contributed by atoms with Crippen LogP contribution in [-0.2, 0) is 0 Å². The molecular weight excluding hydrogens is 334 g/mol. The molecule has 0 aliphatic carbocycles. The van der Waals surface area contributed by atoms with E-state index in [0.717, 1.165) is 5.70 Å². The van der Waals surface area contributed by atoms with Crippen molar-refractivity contribution in [2.24, 2.45) is 0 Å². The number of hydrogen-bond donors (Lipinski definition) is 0. The van der Waals surface area contributed by atoms with Gasteiger partial charge < -0.3 is 4.90 Å². The maximum atomic E-state index is 8.49. The van der Waals surface area contributed by atoms with Gasteiger partial charge in [0.15, 0.2) is 12.4 Å². The molecule has 1 aromatic heterocycles. The minimum atomic E-state index is -4.94. The molecule has 0 bridgehead atoms. The van der Waals surface area contributed by atoms with Crippen LogP contribution in [0.15, 0.2) is 48.9 Å². The van der Waals surface area contributed by atoms with Crippen molar-refractivity contribution in [2.45, 2.75) is 0 Å². The summed E-state index contributed by atoms with van der Waals surface area (Å²) in [6.07, 6.45) is 8.46. The average Bonchev–Trinajstić information content (AvgIpc) is 2.43. The predicted molar refractivity (Wildman–Crippen MR) is 80.3 cm³/mol. The Bertz CT molecular complexity index is 729. The summed E-state index contributed by atoms with van der Waals surface area (Å²) in [5.74, 6) is 0. The lowest BCUT2D eigenvalue weighted by Crippen LogP contribution is -2.68. The third-order valence-electron chi connectivity index (χ3n) is 2.77. The van der Waals surface area contributed by atoms with E-state index in [1.807, 2.05) is 28.2 Å². The van der Waals surface area contributed by atoms with Gasteiger partial charge in [-0.1, -0.05) is 18.2 Å². The van der Waals surface area contributed by atoms with E-state index in [-0.39, 0.29) is 0 Å². The molecular formula is C16H21ClN3O4+. The third kappa shape index (κ3) is 8.00. The van der Waals surface area contributed by atoms with E-state index < -0.39 is 10.2 Å². The zero-order chi connectivity index (χ0) is 18.3. The smallest absolute Gasteiger partial charge is 0.290 e. The summed E-state index contributed by atoms with van der Waals surface area (Å²) in [4.78, 5) is 2.05. The van der Waals surface area contributed by atoms with Gasteiger partial charge in [-0.3, -0.25) is 0 Å². The molecule has 0 saturated carbocycles. The molecule has 0 aliphatic rings. The fraction of sp³-hybridized carbons (Fsp3) is 0.250. The molecule has 0 amide bonds. The van der Waals surface area contributed by atoms with Crippen LogP contribution in [0, 0.1) is 10.2 Å². The summed E-state index contributed by atoms with van der Waals surface area (Å²) in [5.41, 5.74) is 1.13. The number of hydrogen-bond acceptors (Lipinski definition) is 5. The Hall–Kier alpha value is -2.03. The number of nitrogens with zero attached hydrogens (tertiary/aromatic N) is 3. The number of halogens is 1. The minimum Gasteiger partial charge on any atom is -0.378 e. The summed E-state index contributed by atoms with van der Waals surface area (Å²) < 4.78 is 38.2. The molecule has 2 rings (SSSR count). The van der Waals surface area contributed by atoms with Crippen molar-refractivity contribution in [3.63, 3.8) is 0 Å². The van der Waals surface area contributed by atoms with Gasteiger partial charge in [0, 0.05) is 25.5 Å². The van der Waals surface area contributed by atoms with Crippen LogP contribution in [0.3, 0.4) is 0 Å². The highest BCUT2D eigenvalue weighted by atomic mass is 35.7. The highest BCUT2D eigenvalue weighted by Gasteiger charge is 2.12. The lowest BCUT2D eigenvalue weighted by Gasteiger charge is -2.17. The van der Waals surface area contributed by atoms with Crippen LogP contribution < -0.4 is 23.2 Å². The van der Waals surface area contributed by atoms with Crippen LogP contribution in [0.2, 0.25) is 0 Å². The largest absolute Gasteiger partial charge is 0.378 e. The first-order valence-electron chi connectivity index (χ1n) is 6.98. The fourth-order valence-electron chi connectivity index (χ4n) is 1.99. The van der Waals surface area contributed by atoms with Crippen molar-refractivity contribution in [2.75, 3.05) is 28.2 Å². The van der Waals surface area contributed by atoms with Crippen LogP contribution >= 0.6 is 0 Å². The zero-order valence-corrected chi connectivity index (χ0v) is 14.8. The van der Waals surface area contributed by atoms with Crippen molar-refractivity contribution in [1.82, 2.24) is 4.90 Å². The number of aromatic nitrogens is 1. The normalized spacial score (nSPS) is 11.6.